The van der Waals surface area contributed by atoms with Gasteiger partial charge in [-0.25, -0.2) is 0 Å². The molecule has 5 heteroatoms. The summed E-state index contributed by atoms with van der Waals surface area (Å²) in [5.41, 5.74) is 1.27. The van der Waals surface area contributed by atoms with E-state index < -0.39 is 0 Å². The number of carbonyl (C=O) groups excluding carboxylic acids is 1. The number of pyridine rings is 1. The molecule has 114 valence electrons. The third-order valence-corrected chi connectivity index (χ3v) is 5.57. The predicted molar refractivity (Wildman–Crippen MR) is 86.7 cm³/mol. The van der Waals surface area contributed by atoms with Gasteiger partial charge in [0.2, 0.25) is 0 Å². The summed E-state index contributed by atoms with van der Waals surface area (Å²) in [7, 11) is 0. The van der Waals surface area contributed by atoms with Gasteiger partial charge in [-0.15, -0.1) is 11.3 Å². The standard InChI is InChI=1S/C17H19N3OS/c21-17(16-4-2-6-22-16)20-11-14-9-19(10-15(14)12-20)8-13-3-1-5-18-7-13/h1-7,14-15H,8-12H2. The van der Waals surface area contributed by atoms with Crippen LogP contribution in [0.4, 0.5) is 0 Å². The smallest absolute Gasteiger partial charge is 0.263 e. The minimum absolute atomic E-state index is 0.211. The molecule has 0 aliphatic carbocycles. The van der Waals surface area contributed by atoms with Crippen molar-refractivity contribution in [2.24, 2.45) is 11.8 Å². The molecule has 0 bridgehead atoms. The van der Waals surface area contributed by atoms with Crippen LogP contribution in [0.1, 0.15) is 15.2 Å². The lowest BCUT2D eigenvalue weighted by atomic mass is 10.0. The summed E-state index contributed by atoms with van der Waals surface area (Å²) in [5.74, 6) is 1.46. The Bertz CT molecular complexity index is 629. The van der Waals surface area contributed by atoms with Crippen LogP contribution < -0.4 is 0 Å². The summed E-state index contributed by atoms with van der Waals surface area (Å²) in [6, 6.07) is 8.00. The van der Waals surface area contributed by atoms with Crippen molar-refractivity contribution in [1.82, 2.24) is 14.8 Å². The lowest BCUT2D eigenvalue weighted by molar-refractivity contribution is 0.0778. The minimum atomic E-state index is 0.211. The van der Waals surface area contributed by atoms with Gasteiger partial charge in [0.1, 0.15) is 0 Å². The normalized spacial score (nSPS) is 24.6. The monoisotopic (exact) mass is 313 g/mol. The van der Waals surface area contributed by atoms with E-state index in [0.717, 1.165) is 37.6 Å². The van der Waals surface area contributed by atoms with Gasteiger partial charge in [-0.3, -0.25) is 14.7 Å². The van der Waals surface area contributed by atoms with E-state index in [2.05, 4.69) is 16.0 Å². The highest BCUT2D eigenvalue weighted by molar-refractivity contribution is 7.12. The van der Waals surface area contributed by atoms with Crippen molar-refractivity contribution < 1.29 is 4.79 Å². The van der Waals surface area contributed by atoms with Crippen molar-refractivity contribution in [2.45, 2.75) is 6.54 Å². The molecular formula is C17H19N3OS. The van der Waals surface area contributed by atoms with E-state index in [9.17, 15) is 4.79 Å². The van der Waals surface area contributed by atoms with Gasteiger partial charge < -0.3 is 4.90 Å². The first-order valence-electron chi connectivity index (χ1n) is 7.73. The fraction of sp³-hybridized carbons (Fsp3) is 0.412. The van der Waals surface area contributed by atoms with E-state index in [1.165, 1.54) is 16.9 Å². The number of thiophene rings is 1. The molecule has 1 amide bonds. The molecule has 0 spiro atoms. The van der Waals surface area contributed by atoms with E-state index in [0.29, 0.717) is 11.8 Å². The summed E-state index contributed by atoms with van der Waals surface area (Å²) in [6.45, 7) is 4.97. The van der Waals surface area contributed by atoms with Crippen LogP contribution in [0, 0.1) is 11.8 Å². The SMILES string of the molecule is O=C(c1cccs1)N1CC2CN(Cc3cccnc3)CC2C1. The molecule has 2 aromatic heterocycles. The van der Waals surface area contributed by atoms with Crippen molar-refractivity contribution in [3.8, 4) is 0 Å². The second-order valence-electron chi connectivity index (χ2n) is 6.26. The average Bonchev–Trinajstić information content (AvgIpc) is 3.23. The van der Waals surface area contributed by atoms with Gasteiger partial charge in [0.15, 0.2) is 0 Å². The molecule has 2 unspecified atom stereocenters. The molecule has 2 saturated heterocycles. The zero-order valence-corrected chi connectivity index (χ0v) is 13.2. The Balaban J connectivity index is 1.36. The van der Waals surface area contributed by atoms with E-state index in [-0.39, 0.29) is 5.91 Å². The first-order chi connectivity index (χ1) is 10.8. The van der Waals surface area contributed by atoms with Gasteiger partial charge >= 0.3 is 0 Å². The zero-order chi connectivity index (χ0) is 14.9. The molecule has 0 saturated carbocycles. The highest BCUT2D eigenvalue weighted by Crippen LogP contribution is 2.32. The van der Waals surface area contributed by atoms with Crippen molar-refractivity contribution in [3.63, 3.8) is 0 Å². The second-order valence-corrected chi connectivity index (χ2v) is 7.21. The average molecular weight is 313 g/mol. The summed E-state index contributed by atoms with van der Waals surface area (Å²) in [4.78, 5) is 22.0. The maximum absolute atomic E-state index is 12.4. The van der Waals surface area contributed by atoms with Gasteiger partial charge in [0.05, 0.1) is 4.88 Å². The number of fused-ring (bicyclic) bond motifs is 1. The van der Waals surface area contributed by atoms with Crippen LogP contribution in [0.3, 0.4) is 0 Å². The molecule has 4 nitrogen and oxygen atoms in total. The lowest BCUT2D eigenvalue weighted by Gasteiger charge is -2.21. The second kappa shape index (κ2) is 5.82. The maximum Gasteiger partial charge on any atom is 0.263 e. The van der Waals surface area contributed by atoms with Crippen molar-refractivity contribution in [2.75, 3.05) is 26.2 Å². The van der Waals surface area contributed by atoms with Gasteiger partial charge in [0, 0.05) is 45.1 Å². The van der Waals surface area contributed by atoms with E-state index >= 15 is 0 Å². The summed E-state index contributed by atoms with van der Waals surface area (Å²) in [5, 5.41) is 1.97. The molecule has 22 heavy (non-hydrogen) atoms. The first kappa shape index (κ1) is 13.9. The molecule has 2 fully saturated rings. The Morgan fingerprint density at radius 3 is 2.64 bits per heavy atom. The molecule has 2 aliphatic heterocycles. The Morgan fingerprint density at radius 1 is 1.18 bits per heavy atom. The molecule has 2 atom stereocenters. The molecule has 0 N–H and O–H groups in total. The quantitative estimate of drug-likeness (QED) is 0.873. The van der Waals surface area contributed by atoms with Crippen molar-refractivity contribution >= 4 is 17.2 Å². The lowest BCUT2D eigenvalue weighted by Crippen LogP contribution is -2.32. The largest absolute Gasteiger partial charge is 0.337 e. The zero-order valence-electron chi connectivity index (χ0n) is 12.4. The van der Waals surface area contributed by atoms with E-state index in [4.69, 9.17) is 0 Å². The number of nitrogens with zero attached hydrogens (tertiary/aromatic N) is 3. The number of amides is 1. The van der Waals surface area contributed by atoms with Crippen LogP contribution >= 0.6 is 11.3 Å². The Hall–Kier alpha value is -1.72. The molecule has 2 aliphatic rings. The van der Waals surface area contributed by atoms with Crippen LogP contribution in [0.15, 0.2) is 42.0 Å². The summed E-state index contributed by atoms with van der Waals surface area (Å²) >= 11 is 1.54. The predicted octanol–water partition coefficient (Wildman–Crippen LogP) is 2.35. The third-order valence-electron chi connectivity index (χ3n) is 4.71. The number of rotatable bonds is 3. The van der Waals surface area contributed by atoms with Gasteiger partial charge in [-0.05, 0) is 34.9 Å². The highest BCUT2D eigenvalue weighted by Gasteiger charge is 2.41. The number of carbonyl (C=O) groups is 1. The fourth-order valence-corrected chi connectivity index (χ4v) is 4.38. The summed E-state index contributed by atoms with van der Waals surface area (Å²) < 4.78 is 0. The number of hydrogen-bond donors (Lipinski definition) is 0. The Labute approximate surface area is 134 Å². The molecule has 0 radical (unpaired) electrons. The van der Waals surface area contributed by atoms with Crippen LogP contribution in [0.2, 0.25) is 0 Å². The number of aromatic nitrogens is 1. The summed E-state index contributed by atoms with van der Waals surface area (Å²) in [6.07, 6.45) is 3.76. The maximum atomic E-state index is 12.4. The van der Waals surface area contributed by atoms with Crippen molar-refractivity contribution in [3.05, 3.63) is 52.5 Å². The minimum Gasteiger partial charge on any atom is -0.337 e. The Morgan fingerprint density at radius 2 is 2.00 bits per heavy atom. The van der Waals surface area contributed by atoms with Gasteiger partial charge in [-0.2, -0.15) is 0 Å². The third kappa shape index (κ3) is 2.66. The molecule has 4 rings (SSSR count). The van der Waals surface area contributed by atoms with Gasteiger partial charge in [0.25, 0.3) is 5.91 Å². The molecule has 4 heterocycles. The van der Waals surface area contributed by atoms with Crippen LogP contribution in [-0.4, -0.2) is 46.9 Å². The van der Waals surface area contributed by atoms with Crippen LogP contribution in [0.5, 0.6) is 0 Å². The van der Waals surface area contributed by atoms with E-state index in [1.807, 2.05) is 40.9 Å². The van der Waals surface area contributed by atoms with Crippen LogP contribution in [-0.2, 0) is 6.54 Å². The topological polar surface area (TPSA) is 36.4 Å². The van der Waals surface area contributed by atoms with Gasteiger partial charge in [-0.1, -0.05) is 12.1 Å². The first-order valence-corrected chi connectivity index (χ1v) is 8.61. The highest BCUT2D eigenvalue weighted by atomic mass is 32.1. The fourth-order valence-electron chi connectivity index (χ4n) is 3.69. The molecular weight excluding hydrogens is 294 g/mol. The number of hydrogen-bond acceptors (Lipinski definition) is 4. The number of likely N-dealkylation sites (tertiary alicyclic amines) is 2. The molecule has 2 aromatic rings. The van der Waals surface area contributed by atoms with Crippen LogP contribution in [0.25, 0.3) is 0 Å². The van der Waals surface area contributed by atoms with Crippen molar-refractivity contribution in [1.29, 1.82) is 0 Å². The van der Waals surface area contributed by atoms with E-state index in [1.54, 1.807) is 0 Å². The molecule has 0 aromatic carbocycles. The Kier molecular flexibility index (Phi) is 3.68.